The van der Waals surface area contributed by atoms with Gasteiger partial charge in [0.2, 0.25) is 11.8 Å². The number of amides is 2. The maximum absolute atomic E-state index is 13.5. The number of fused-ring (bicyclic) bond motifs is 2. The molecule has 3 aromatic rings. The molecule has 33 heavy (non-hydrogen) atoms. The number of nitrogens with zero attached hydrogens (tertiary/aromatic N) is 1. The zero-order valence-electron chi connectivity index (χ0n) is 18.3. The van der Waals surface area contributed by atoms with Crippen molar-refractivity contribution in [2.24, 2.45) is 11.8 Å². The predicted molar refractivity (Wildman–Crippen MR) is 124 cm³/mol. The van der Waals surface area contributed by atoms with Crippen LogP contribution in [0.4, 0.5) is 5.69 Å². The summed E-state index contributed by atoms with van der Waals surface area (Å²) in [6.45, 7) is 1.08. The molecule has 2 amide bonds. The van der Waals surface area contributed by atoms with E-state index in [4.69, 9.17) is 9.47 Å². The number of aromatic amines is 1. The number of H-pyrrole nitrogens is 1. The third-order valence-corrected chi connectivity index (χ3v) is 7.17. The lowest BCUT2D eigenvalue weighted by atomic mass is 9.77. The molecule has 168 valence electrons. The highest BCUT2D eigenvalue weighted by molar-refractivity contribution is 5.99. The number of ether oxygens (including phenoxy) is 2. The van der Waals surface area contributed by atoms with Crippen LogP contribution in [-0.2, 0) is 20.7 Å². The molecule has 7 nitrogen and oxygen atoms in total. The van der Waals surface area contributed by atoms with Gasteiger partial charge in [-0.3, -0.25) is 9.59 Å². The summed E-state index contributed by atoms with van der Waals surface area (Å²) in [6, 6.07) is 15.3. The summed E-state index contributed by atoms with van der Waals surface area (Å²) in [5, 5.41) is 4.13. The number of rotatable bonds is 6. The topological polar surface area (TPSA) is 83.7 Å². The summed E-state index contributed by atoms with van der Waals surface area (Å²) in [7, 11) is 1.60. The first-order valence-corrected chi connectivity index (χ1v) is 11.2. The minimum Gasteiger partial charge on any atom is -0.497 e. The van der Waals surface area contributed by atoms with Crippen molar-refractivity contribution in [2.45, 2.75) is 18.1 Å². The molecule has 2 fully saturated rings. The maximum Gasteiger partial charge on any atom is 0.231 e. The van der Waals surface area contributed by atoms with Crippen molar-refractivity contribution in [3.05, 3.63) is 72.4 Å². The van der Waals surface area contributed by atoms with Gasteiger partial charge >= 0.3 is 0 Å². The Morgan fingerprint density at radius 1 is 1.24 bits per heavy atom. The fraction of sp³-hybridized carbons (Fsp3) is 0.308. The Kier molecular flexibility index (Phi) is 4.55. The van der Waals surface area contributed by atoms with Crippen LogP contribution in [0.25, 0.3) is 10.9 Å². The second kappa shape index (κ2) is 7.49. The molecule has 2 aromatic carbocycles. The second-order valence-corrected chi connectivity index (χ2v) is 8.99. The van der Waals surface area contributed by atoms with Crippen LogP contribution in [0.1, 0.15) is 5.56 Å². The minimum absolute atomic E-state index is 0.00317. The van der Waals surface area contributed by atoms with Gasteiger partial charge in [0.15, 0.2) is 0 Å². The standard InChI is InChI=1S/C26H25N3O4/c1-32-18-8-6-17(7-9-18)28-24(30)22-21-10-12-26(33-21)15-29(25(31)23(22)26)13-11-16-14-27-20-5-3-2-4-19(16)20/h2-10,12,14,21-23,27H,11,13,15H2,1H3,(H,28,30)/t21-,22-,23+,26+/m0/s1. The van der Waals surface area contributed by atoms with Crippen LogP contribution in [0.2, 0.25) is 0 Å². The molecule has 6 rings (SSSR count). The number of carbonyl (C=O) groups excluding carboxylic acids is 2. The first-order valence-electron chi connectivity index (χ1n) is 11.2. The van der Waals surface area contributed by atoms with Crippen LogP contribution in [0.3, 0.4) is 0 Å². The van der Waals surface area contributed by atoms with E-state index in [0.717, 1.165) is 17.7 Å². The largest absolute Gasteiger partial charge is 0.497 e. The quantitative estimate of drug-likeness (QED) is 0.574. The molecule has 0 aliphatic carbocycles. The lowest BCUT2D eigenvalue weighted by Crippen LogP contribution is -2.41. The van der Waals surface area contributed by atoms with Gasteiger partial charge in [-0.25, -0.2) is 0 Å². The van der Waals surface area contributed by atoms with Gasteiger partial charge in [0, 0.05) is 29.3 Å². The summed E-state index contributed by atoms with van der Waals surface area (Å²) in [5.74, 6) is -0.504. The fourth-order valence-corrected chi connectivity index (χ4v) is 5.56. The molecule has 4 atom stereocenters. The van der Waals surface area contributed by atoms with E-state index in [0.29, 0.717) is 18.8 Å². The maximum atomic E-state index is 13.5. The first kappa shape index (κ1) is 20.1. The van der Waals surface area contributed by atoms with Crippen molar-refractivity contribution in [3.63, 3.8) is 0 Å². The van der Waals surface area contributed by atoms with Gasteiger partial charge < -0.3 is 24.7 Å². The zero-order chi connectivity index (χ0) is 22.6. The fourth-order valence-electron chi connectivity index (χ4n) is 5.56. The zero-order valence-corrected chi connectivity index (χ0v) is 18.3. The highest BCUT2D eigenvalue weighted by Gasteiger charge is 2.66. The van der Waals surface area contributed by atoms with Crippen molar-refractivity contribution in [1.82, 2.24) is 9.88 Å². The summed E-state index contributed by atoms with van der Waals surface area (Å²) in [6.07, 6.45) is 6.31. The molecular formula is C26H25N3O4. The third-order valence-electron chi connectivity index (χ3n) is 7.17. The Labute approximate surface area is 191 Å². The smallest absolute Gasteiger partial charge is 0.231 e. The van der Waals surface area contributed by atoms with E-state index in [1.165, 1.54) is 10.9 Å². The lowest BCUT2D eigenvalue weighted by molar-refractivity contribution is -0.135. The van der Waals surface area contributed by atoms with E-state index in [1.54, 1.807) is 31.4 Å². The van der Waals surface area contributed by atoms with Gasteiger partial charge in [-0.1, -0.05) is 30.4 Å². The van der Waals surface area contributed by atoms with E-state index in [1.807, 2.05) is 41.4 Å². The molecule has 0 unspecified atom stereocenters. The predicted octanol–water partition coefficient (Wildman–Crippen LogP) is 3.14. The van der Waals surface area contributed by atoms with Gasteiger partial charge in [-0.15, -0.1) is 0 Å². The second-order valence-electron chi connectivity index (χ2n) is 8.99. The highest BCUT2D eigenvalue weighted by atomic mass is 16.5. The molecule has 3 aliphatic rings. The summed E-state index contributed by atoms with van der Waals surface area (Å²) in [4.78, 5) is 31.8. The number of anilines is 1. The van der Waals surface area contributed by atoms with Crippen LogP contribution in [-0.4, -0.2) is 53.6 Å². The Morgan fingerprint density at radius 3 is 2.88 bits per heavy atom. The Morgan fingerprint density at radius 2 is 2.06 bits per heavy atom. The summed E-state index contributed by atoms with van der Waals surface area (Å²) in [5.41, 5.74) is 2.24. The number of benzene rings is 2. The van der Waals surface area contributed by atoms with Crippen molar-refractivity contribution in [1.29, 1.82) is 0 Å². The van der Waals surface area contributed by atoms with Crippen molar-refractivity contribution >= 4 is 28.4 Å². The van der Waals surface area contributed by atoms with Crippen LogP contribution in [0.5, 0.6) is 5.75 Å². The highest BCUT2D eigenvalue weighted by Crippen LogP contribution is 2.52. The summed E-state index contributed by atoms with van der Waals surface area (Å²) < 4.78 is 11.4. The van der Waals surface area contributed by atoms with Crippen molar-refractivity contribution < 1.29 is 19.1 Å². The van der Waals surface area contributed by atoms with Gasteiger partial charge in [-0.2, -0.15) is 0 Å². The van der Waals surface area contributed by atoms with Gasteiger partial charge in [0.05, 0.1) is 31.6 Å². The number of aromatic nitrogens is 1. The molecule has 7 heteroatoms. The van der Waals surface area contributed by atoms with Crippen LogP contribution < -0.4 is 10.1 Å². The van der Waals surface area contributed by atoms with Crippen molar-refractivity contribution in [3.8, 4) is 5.75 Å². The van der Waals surface area contributed by atoms with Gasteiger partial charge in [-0.05, 0) is 42.3 Å². The SMILES string of the molecule is COc1ccc(NC(=O)[C@H]2[C@@H]3C=C[C@]4(CN(CCc5c[nH]c6ccccc56)C(=O)[C@@H]24)O3)cc1. The Hall–Kier alpha value is -3.58. The molecular weight excluding hydrogens is 418 g/mol. The normalized spacial score (nSPS) is 27.4. The minimum atomic E-state index is -0.704. The number of para-hydroxylation sites is 1. The van der Waals surface area contributed by atoms with E-state index >= 15 is 0 Å². The number of likely N-dealkylation sites (tertiary alicyclic amines) is 1. The molecule has 2 bridgehead atoms. The van der Waals surface area contributed by atoms with Crippen LogP contribution >= 0.6 is 0 Å². The number of methoxy groups -OCH3 is 1. The summed E-state index contributed by atoms with van der Waals surface area (Å²) >= 11 is 0. The average Bonchev–Trinajstić information content (AvgIpc) is 3.58. The molecule has 1 spiro atoms. The van der Waals surface area contributed by atoms with E-state index in [9.17, 15) is 9.59 Å². The molecule has 2 N–H and O–H groups in total. The number of nitrogens with one attached hydrogen (secondary N) is 2. The average molecular weight is 444 g/mol. The third kappa shape index (κ3) is 3.15. The van der Waals surface area contributed by atoms with Crippen molar-refractivity contribution in [2.75, 3.05) is 25.5 Å². The first-order chi connectivity index (χ1) is 16.1. The number of carbonyl (C=O) groups is 2. The van der Waals surface area contributed by atoms with Gasteiger partial charge in [0.25, 0.3) is 0 Å². The number of hydrogen-bond acceptors (Lipinski definition) is 4. The number of hydrogen-bond donors (Lipinski definition) is 2. The molecule has 0 saturated carbocycles. The molecule has 0 radical (unpaired) electrons. The molecule has 1 aromatic heterocycles. The van der Waals surface area contributed by atoms with Crippen LogP contribution in [0, 0.1) is 11.8 Å². The Bertz CT molecular complexity index is 1260. The Balaban J connectivity index is 1.18. The molecule has 2 saturated heterocycles. The van der Waals surface area contributed by atoms with E-state index < -0.39 is 17.4 Å². The van der Waals surface area contributed by atoms with E-state index in [-0.39, 0.29) is 17.9 Å². The van der Waals surface area contributed by atoms with Gasteiger partial charge in [0.1, 0.15) is 11.4 Å². The van der Waals surface area contributed by atoms with Crippen LogP contribution in [0.15, 0.2) is 66.9 Å². The molecule has 3 aliphatic heterocycles. The molecule has 4 heterocycles. The lowest BCUT2D eigenvalue weighted by Gasteiger charge is -2.23. The van der Waals surface area contributed by atoms with E-state index in [2.05, 4.69) is 16.4 Å². The monoisotopic (exact) mass is 443 g/mol.